The van der Waals surface area contributed by atoms with E-state index in [2.05, 4.69) is 32.2 Å². The molecule has 0 fully saturated rings. The third kappa shape index (κ3) is 5.60. The number of rotatable bonds is 7. The normalized spacial score (nSPS) is 14.5. The van der Waals surface area contributed by atoms with Gasteiger partial charge >= 0.3 is 0 Å². The van der Waals surface area contributed by atoms with E-state index in [1.165, 1.54) is 18.4 Å². The van der Waals surface area contributed by atoms with Crippen molar-refractivity contribution in [2.75, 3.05) is 6.54 Å². The van der Waals surface area contributed by atoms with Crippen LogP contribution in [-0.2, 0) is 6.42 Å². The maximum absolute atomic E-state index is 6.03. The molecule has 2 atom stereocenters. The van der Waals surface area contributed by atoms with Crippen molar-refractivity contribution in [1.82, 2.24) is 5.32 Å². The molecule has 0 amide bonds. The van der Waals surface area contributed by atoms with E-state index in [0.29, 0.717) is 22.0 Å². The fourth-order valence-corrected chi connectivity index (χ4v) is 2.55. The molecule has 1 nitrogen and oxygen atoms in total. The molecule has 0 saturated heterocycles. The first kappa shape index (κ1) is 15.8. The highest BCUT2D eigenvalue weighted by atomic mass is 35.5. The Hall–Kier alpha value is -0.240. The monoisotopic (exact) mass is 287 g/mol. The van der Waals surface area contributed by atoms with Crippen molar-refractivity contribution >= 4 is 23.2 Å². The minimum atomic E-state index is 0.572. The predicted octanol–water partition coefficient (Wildman–Crippen LogP) is 4.95. The zero-order valence-electron chi connectivity index (χ0n) is 11.5. The predicted molar refractivity (Wildman–Crippen MR) is 81.7 cm³/mol. The molecule has 3 heteroatoms. The molecule has 0 aromatic heterocycles. The summed E-state index contributed by atoms with van der Waals surface area (Å²) in [5.74, 6) is 0.640. The summed E-state index contributed by atoms with van der Waals surface area (Å²) in [5.41, 5.74) is 1.26. The standard InChI is InChI=1S/C15H23Cl2N/c1-4-7-18-12(3)8-11(2)9-13-5-6-14(16)15(17)10-13/h5-6,10-12,18H,4,7-9H2,1-3H3. The zero-order valence-corrected chi connectivity index (χ0v) is 13.0. The second-order valence-corrected chi connectivity index (χ2v) is 5.96. The van der Waals surface area contributed by atoms with Crippen LogP contribution in [-0.4, -0.2) is 12.6 Å². The van der Waals surface area contributed by atoms with Crippen LogP contribution in [0.2, 0.25) is 10.0 Å². The van der Waals surface area contributed by atoms with Gasteiger partial charge in [0.25, 0.3) is 0 Å². The van der Waals surface area contributed by atoms with Crippen LogP contribution < -0.4 is 5.32 Å². The molecule has 2 unspecified atom stereocenters. The van der Waals surface area contributed by atoms with Crippen molar-refractivity contribution in [3.05, 3.63) is 33.8 Å². The van der Waals surface area contributed by atoms with Gasteiger partial charge in [-0.1, -0.05) is 43.1 Å². The van der Waals surface area contributed by atoms with Crippen LogP contribution in [0, 0.1) is 5.92 Å². The van der Waals surface area contributed by atoms with E-state index < -0.39 is 0 Å². The van der Waals surface area contributed by atoms with Crippen LogP contribution in [0.5, 0.6) is 0 Å². The number of nitrogens with one attached hydrogen (secondary N) is 1. The maximum Gasteiger partial charge on any atom is 0.0595 e. The zero-order chi connectivity index (χ0) is 13.5. The van der Waals surface area contributed by atoms with Crippen molar-refractivity contribution in [3.8, 4) is 0 Å². The van der Waals surface area contributed by atoms with Gasteiger partial charge in [0.05, 0.1) is 10.0 Å². The first-order valence-electron chi connectivity index (χ1n) is 6.70. The topological polar surface area (TPSA) is 12.0 Å². The number of benzene rings is 1. The van der Waals surface area contributed by atoms with Gasteiger partial charge in [0.15, 0.2) is 0 Å². The summed E-state index contributed by atoms with van der Waals surface area (Å²) < 4.78 is 0. The minimum Gasteiger partial charge on any atom is -0.314 e. The summed E-state index contributed by atoms with van der Waals surface area (Å²) >= 11 is 11.9. The molecular formula is C15H23Cl2N. The molecule has 0 aliphatic heterocycles. The van der Waals surface area contributed by atoms with Crippen LogP contribution in [0.3, 0.4) is 0 Å². The highest BCUT2D eigenvalue weighted by Crippen LogP contribution is 2.24. The Morgan fingerprint density at radius 1 is 1.17 bits per heavy atom. The van der Waals surface area contributed by atoms with Crippen molar-refractivity contribution in [2.24, 2.45) is 5.92 Å². The van der Waals surface area contributed by atoms with Gasteiger partial charge in [0.2, 0.25) is 0 Å². The SMILES string of the molecule is CCCNC(C)CC(C)Cc1ccc(Cl)c(Cl)c1. The molecule has 0 heterocycles. The maximum atomic E-state index is 6.03. The lowest BCUT2D eigenvalue weighted by atomic mass is 9.95. The Kier molecular flexibility index (Phi) is 7.06. The summed E-state index contributed by atoms with van der Waals surface area (Å²) in [5, 5.41) is 4.80. The molecule has 0 radical (unpaired) electrons. The second-order valence-electron chi connectivity index (χ2n) is 5.15. The van der Waals surface area contributed by atoms with Crippen LogP contribution in [0.1, 0.15) is 39.2 Å². The fourth-order valence-electron chi connectivity index (χ4n) is 2.23. The van der Waals surface area contributed by atoms with E-state index >= 15 is 0 Å². The molecule has 0 aliphatic rings. The van der Waals surface area contributed by atoms with E-state index in [0.717, 1.165) is 13.0 Å². The molecule has 0 bridgehead atoms. The lowest BCUT2D eigenvalue weighted by Gasteiger charge is -2.18. The van der Waals surface area contributed by atoms with E-state index in [4.69, 9.17) is 23.2 Å². The van der Waals surface area contributed by atoms with Gasteiger partial charge in [-0.3, -0.25) is 0 Å². The molecule has 0 aliphatic carbocycles. The van der Waals surface area contributed by atoms with E-state index in [9.17, 15) is 0 Å². The molecule has 102 valence electrons. The van der Waals surface area contributed by atoms with Gasteiger partial charge in [-0.05, 0) is 56.3 Å². The van der Waals surface area contributed by atoms with E-state index in [-0.39, 0.29) is 0 Å². The Morgan fingerprint density at radius 3 is 2.50 bits per heavy atom. The van der Waals surface area contributed by atoms with Crippen molar-refractivity contribution in [2.45, 2.75) is 46.1 Å². The lowest BCUT2D eigenvalue weighted by molar-refractivity contribution is 0.420. The molecule has 1 aromatic rings. The van der Waals surface area contributed by atoms with Crippen molar-refractivity contribution in [1.29, 1.82) is 0 Å². The number of hydrogen-bond acceptors (Lipinski definition) is 1. The van der Waals surface area contributed by atoms with Crippen molar-refractivity contribution in [3.63, 3.8) is 0 Å². The molecule has 18 heavy (non-hydrogen) atoms. The smallest absolute Gasteiger partial charge is 0.0595 e. The quantitative estimate of drug-likeness (QED) is 0.748. The third-order valence-electron chi connectivity index (χ3n) is 3.07. The molecule has 0 saturated carbocycles. The summed E-state index contributed by atoms with van der Waals surface area (Å²) in [6, 6.07) is 6.49. The van der Waals surface area contributed by atoms with E-state index in [1.807, 2.05) is 12.1 Å². The van der Waals surface area contributed by atoms with Gasteiger partial charge in [0, 0.05) is 6.04 Å². The summed E-state index contributed by atoms with van der Waals surface area (Å²) in [6.45, 7) is 7.83. The number of hydrogen-bond donors (Lipinski definition) is 1. The van der Waals surface area contributed by atoms with Gasteiger partial charge in [-0.25, -0.2) is 0 Å². The fraction of sp³-hybridized carbons (Fsp3) is 0.600. The summed E-state index contributed by atoms with van der Waals surface area (Å²) in [4.78, 5) is 0. The lowest BCUT2D eigenvalue weighted by Crippen LogP contribution is -2.28. The molecule has 1 N–H and O–H groups in total. The third-order valence-corrected chi connectivity index (χ3v) is 3.81. The molecule has 0 spiro atoms. The summed E-state index contributed by atoms with van der Waals surface area (Å²) in [7, 11) is 0. The first-order valence-corrected chi connectivity index (χ1v) is 7.45. The van der Waals surface area contributed by atoms with Gasteiger partial charge in [-0.15, -0.1) is 0 Å². The molecule has 1 aromatic carbocycles. The van der Waals surface area contributed by atoms with Gasteiger partial charge in [0.1, 0.15) is 0 Å². The first-order chi connectivity index (χ1) is 8.52. The average molecular weight is 288 g/mol. The Balaban J connectivity index is 2.43. The average Bonchev–Trinajstić information content (AvgIpc) is 2.31. The molecule has 1 rings (SSSR count). The van der Waals surface area contributed by atoms with Gasteiger partial charge < -0.3 is 5.32 Å². The van der Waals surface area contributed by atoms with E-state index in [1.54, 1.807) is 0 Å². The minimum absolute atomic E-state index is 0.572. The van der Waals surface area contributed by atoms with Gasteiger partial charge in [-0.2, -0.15) is 0 Å². The van der Waals surface area contributed by atoms with Crippen LogP contribution >= 0.6 is 23.2 Å². The van der Waals surface area contributed by atoms with Crippen molar-refractivity contribution < 1.29 is 0 Å². The van der Waals surface area contributed by atoms with Crippen LogP contribution in [0.25, 0.3) is 0 Å². The van der Waals surface area contributed by atoms with Crippen LogP contribution in [0.4, 0.5) is 0 Å². The van der Waals surface area contributed by atoms with Crippen LogP contribution in [0.15, 0.2) is 18.2 Å². The Morgan fingerprint density at radius 2 is 1.89 bits per heavy atom. The highest BCUT2D eigenvalue weighted by Gasteiger charge is 2.09. The molecular weight excluding hydrogens is 265 g/mol. The highest BCUT2D eigenvalue weighted by molar-refractivity contribution is 6.42. The largest absolute Gasteiger partial charge is 0.314 e. The second kappa shape index (κ2) is 8.04. The Bertz CT molecular complexity index is 366. The Labute approximate surface area is 121 Å². The summed E-state index contributed by atoms with van der Waals surface area (Å²) in [6.07, 6.45) is 3.42. The number of halogens is 2.